The van der Waals surface area contributed by atoms with E-state index in [0.29, 0.717) is 13.1 Å². The molecule has 0 bridgehead atoms. The van der Waals surface area contributed by atoms with E-state index in [0.717, 1.165) is 0 Å². The van der Waals surface area contributed by atoms with Crippen LogP contribution >= 0.6 is 0 Å². The van der Waals surface area contributed by atoms with Gasteiger partial charge in [0.1, 0.15) is 11.4 Å². The zero-order chi connectivity index (χ0) is 16.7. The first-order chi connectivity index (χ1) is 11.0. The summed E-state index contributed by atoms with van der Waals surface area (Å²) in [4.78, 5) is 39.4. The lowest BCUT2D eigenvalue weighted by atomic mass is 9.93. The molecular weight excluding hydrogens is 296 g/mol. The van der Waals surface area contributed by atoms with Crippen LogP contribution in [0.4, 0.5) is 0 Å². The van der Waals surface area contributed by atoms with Gasteiger partial charge in [-0.2, -0.15) is 0 Å². The highest BCUT2D eigenvalue weighted by Gasteiger charge is 2.21. The van der Waals surface area contributed by atoms with Crippen LogP contribution in [0.1, 0.15) is 34.8 Å². The molecule has 2 aromatic heterocycles. The molecule has 2 aromatic rings. The summed E-state index contributed by atoms with van der Waals surface area (Å²) >= 11 is 0. The summed E-state index contributed by atoms with van der Waals surface area (Å²) in [6.07, 6.45) is 8.73. The van der Waals surface area contributed by atoms with Gasteiger partial charge < -0.3 is 10.6 Å². The predicted octanol–water partition coefficient (Wildman–Crippen LogP) is 0.453. The first-order valence-electron chi connectivity index (χ1n) is 7.06. The van der Waals surface area contributed by atoms with Crippen LogP contribution in [0.2, 0.25) is 0 Å². The van der Waals surface area contributed by atoms with E-state index in [9.17, 15) is 9.59 Å². The fourth-order valence-corrected chi connectivity index (χ4v) is 1.72. The highest BCUT2D eigenvalue weighted by molar-refractivity contribution is 5.92. The van der Waals surface area contributed by atoms with Crippen molar-refractivity contribution in [1.29, 1.82) is 0 Å². The monoisotopic (exact) mass is 314 g/mol. The molecule has 0 saturated heterocycles. The topological polar surface area (TPSA) is 110 Å². The molecule has 0 radical (unpaired) electrons. The number of rotatable bonds is 6. The molecule has 23 heavy (non-hydrogen) atoms. The summed E-state index contributed by atoms with van der Waals surface area (Å²) in [6.45, 7) is 4.62. The number of amides is 2. The molecule has 0 saturated carbocycles. The van der Waals surface area contributed by atoms with Gasteiger partial charge in [-0.05, 0) is 5.41 Å². The van der Waals surface area contributed by atoms with Gasteiger partial charge in [-0.3, -0.25) is 19.6 Å². The second-order valence-corrected chi connectivity index (χ2v) is 5.71. The van der Waals surface area contributed by atoms with Crippen LogP contribution < -0.4 is 10.6 Å². The van der Waals surface area contributed by atoms with Crippen molar-refractivity contribution in [3.05, 3.63) is 48.6 Å². The fourth-order valence-electron chi connectivity index (χ4n) is 1.72. The van der Waals surface area contributed by atoms with Crippen LogP contribution in [0, 0.1) is 5.41 Å². The average molecular weight is 314 g/mol. The van der Waals surface area contributed by atoms with Crippen molar-refractivity contribution >= 4 is 11.8 Å². The quantitative estimate of drug-likeness (QED) is 0.801. The fraction of sp³-hybridized carbons (Fsp3) is 0.333. The van der Waals surface area contributed by atoms with Gasteiger partial charge in [-0.25, -0.2) is 9.97 Å². The van der Waals surface area contributed by atoms with Crippen LogP contribution in [-0.2, 0) is 0 Å². The third kappa shape index (κ3) is 5.10. The summed E-state index contributed by atoms with van der Waals surface area (Å²) < 4.78 is 0. The molecule has 120 valence electrons. The van der Waals surface area contributed by atoms with Crippen molar-refractivity contribution in [2.24, 2.45) is 5.41 Å². The maximum Gasteiger partial charge on any atom is 0.271 e. The molecule has 0 atom stereocenters. The van der Waals surface area contributed by atoms with Gasteiger partial charge in [-0.15, -0.1) is 0 Å². The smallest absolute Gasteiger partial charge is 0.271 e. The first-order valence-corrected chi connectivity index (χ1v) is 7.06. The number of aromatic nitrogens is 4. The van der Waals surface area contributed by atoms with Gasteiger partial charge in [0.25, 0.3) is 11.8 Å². The summed E-state index contributed by atoms with van der Waals surface area (Å²) in [5.41, 5.74) is 0.175. The standard InChI is InChI=1S/C15H18N6O2/c1-15(2,9-20-13(22)11-7-16-3-5-18-11)10-21-14(23)12-8-17-4-6-19-12/h3-8H,9-10H2,1-2H3,(H,20,22)(H,21,23). The van der Waals surface area contributed by atoms with E-state index in [1.54, 1.807) is 0 Å². The first kappa shape index (κ1) is 16.5. The molecule has 2 rings (SSSR count). The highest BCUT2D eigenvalue weighted by Crippen LogP contribution is 2.12. The minimum absolute atomic E-state index is 0.256. The Morgan fingerprint density at radius 1 is 0.870 bits per heavy atom. The van der Waals surface area contributed by atoms with Crippen molar-refractivity contribution in [3.8, 4) is 0 Å². The molecule has 2 amide bonds. The van der Waals surface area contributed by atoms with Crippen molar-refractivity contribution in [2.75, 3.05) is 13.1 Å². The largest absolute Gasteiger partial charge is 0.350 e. The van der Waals surface area contributed by atoms with Crippen LogP contribution in [0.25, 0.3) is 0 Å². The molecule has 8 nitrogen and oxygen atoms in total. The summed E-state index contributed by atoms with van der Waals surface area (Å²) in [5, 5.41) is 5.56. The van der Waals surface area contributed by atoms with Gasteiger partial charge in [0.15, 0.2) is 0 Å². The SMILES string of the molecule is CC(C)(CNC(=O)c1cnccn1)CNC(=O)c1cnccn1. The number of nitrogens with zero attached hydrogens (tertiary/aromatic N) is 4. The molecular formula is C15H18N6O2. The van der Waals surface area contributed by atoms with Crippen LogP contribution in [0.5, 0.6) is 0 Å². The molecule has 2 heterocycles. The van der Waals surface area contributed by atoms with E-state index in [4.69, 9.17) is 0 Å². The molecule has 0 aliphatic carbocycles. The number of carbonyl (C=O) groups is 2. The Morgan fingerprint density at radius 2 is 1.30 bits per heavy atom. The van der Waals surface area contributed by atoms with Crippen molar-refractivity contribution in [2.45, 2.75) is 13.8 Å². The van der Waals surface area contributed by atoms with Gasteiger partial charge in [-0.1, -0.05) is 13.8 Å². The molecule has 0 unspecified atom stereocenters. The van der Waals surface area contributed by atoms with Gasteiger partial charge in [0.2, 0.25) is 0 Å². The second kappa shape index (κ2) is 7.39. The van der Waals surface area contributed by atoms with Crippen LogP contribution in [-0.4, -0.2) is 44.8 Å². The number of carbonyl (C=O) groups excluding carboxylic acids is 2. The minimum Gasteiger partial charge on any atom is -0.350 e. The third-order valence-corrected chi connectivity index (χ3v) is 3.05. The predicted molar refractivity (Wildman–Crippen MR) is 82.5 cm³/mol. The summed E-state index contributed by atoms with van der Waals surface area (Å²) in [5.74, 6) is -0.599. The number of hydrogen-bond donors (Lipinski definition) is 2. The Hall–Kier alpha value is -2.90. The van der Waals surface area contributed by atoms with E-state index in [2.05, 4.69) is 30.6 Å². The average Bonchev–Trinajstić information content (AvgIpc) is 2.59. The highest BCUT2D eigenvalue weighted by atomic mass is 16.2. The minimum atomic E-state index is -0.338. The number of hydrogen-bond acceptors (Lipinski definition) is 6. The lowest BCUT2D eigenvalue weighted by molar-refractivity contribution is 0.0914. The normalized spacial score (nSPS) is 10.9. The zero-order valence-corrected chi connectivity index (χ0v) is 13.0. The van der Waals surface area contributed by atoms with E-state index in [1.165, 1.54) is 37.2 Å². The van der Waals surface area contributed by atoms with Crippen molar-refractivity contribution in [3.63, 3.8) is 0 Å². The van der Waals surface area contributed by atoms with Crippen LogP contribution in [0.3, 0.4) is 0 Å². The third-order valence-electron chi connectivity index (χ3n) is 3.05. The van der Waals surface area contributed by atoms with E-state index >= 15 is 0 Å². The Morgan fingerprint density at radius 3 is 1.65 bits per heavy atom. The second-order valence-electron chi connectivity index (χ2n) is 5.71. The molecule has 0 fully saturated rings. The van der Waals surface area contributed by atoms with E-state index in [1.807, 2.05) is 13.8 Å². The Labute approximate surface area is 133 Å². The molecule has 0 spiro atoms. The Bertz CT molecular complexity index is 603. The van der Waals surface area contributed by atoms with Gasteiger partial charge in [0.05, 0.1) is 12.4 Å². The van der Waals surface area contributed by atoms with E-state index < -0.39 is 0 Å². The molecule has 0 aromatic carbocycles. The molecule has 2 N–H and O–H groups in total. The van der Waals surface area contributed by atoms with Gasteiger partial charge in [0, 0.05) is 37.9 Å². The maximum atomic E-state index is 11.9. The summed E-state index contributed by atoms with van der Waals surface area (Å²) in [6, 6.07) is 0. The van der Waals surface area contributed by atoms with E-state index in [-0.39, 0.29) is 28.6 Å². The molecule has 0 aliphatic heterocycles. The number of nitrogens with one attached hydrogen (secondary N) is 2. The van der Waals surface area contributed by atoms with Crippen molar-refractivity contribution in [1.82, 2.24) is 30.6 Å². The Kier molecular flexibility index (Phi) is 5.29. The van der Waals surface area contributed by atoms with Crippen molar-refractivity contribution < 1.29 is 9.59 Å². The lowest BCUT2D eigenvalue weighted by Gasteiger charge is -2.25. The maximum absolute atomic E-state index is 11.9. The molecule has 0 aliphatic rings. The van der Waals surface area contributed by atoms with Gasteiger partial charge >= 0.3 is 0 Å². The zero-order valence-electron chi connectivity index (χ0n) is 13.0. The Balaban J connectivity index is 1.82. The van der Waals surface area contributed by atoms with Crippen LogP contribution in [0.15, 0.2) is 37.2 Å². The lowest BCUT2D eigenvalue weighted by Crippen LogP contribution is -2.42. The summed E-state index contributed by atoms with van der Waals surface area (Å²) in [7, 11) is 0. The molecule has 8 heteroatoms.